The van der Waals surface area contributed by atoms with E-state index in [1.807, 2.05) is 0 Å². The lowest BCUT2D eigenvalue weighted by molar-refractivity contribution is 0.100. The number of carbonyl (C=O) groups excluding carboxylic acids is 1. The molecule has 1 unspecified atom stereocenters. The van der Waals surface area contributed by atoms with Crippen LogP contribution in [0, 0.1) is 24.7 Å². The standard InChI is InChI=1S/C28H34F2N6O2/c1-15(2)18-8-9-20-22(13-18)36-14-16(3)7-6-10-38-27-23(24(25(29)30)34-35(27)5)21-12-19(11-17(4)31-21)26(37)33-28(36)32-20/h9,11-13,15-16,18,25H,6-8,10,14H2,1-5H3,(H,32,33,37)/t16-,18?/m1/s1. The zero-order valence-electron chi connectivity index (χ0n) is 22.5. The van der Waals surface area contributed by atoms with Crippen LogP contribution in [0.2, 0.25) is 0 Å². The molecule has 1 aliphatic carbocycles. The van der Waals surface area contributed by atoms with E-state index in [1.165, 1.54) is 10.7 Å². The summed E-state index contributed by atoms with van der Waals surface area (Å²) < 4.78 is 35.3. The van der Waals surface area contributed by atoms with E-state index >= 15 is 0 Å². The molecule has 1 N–H and O–H groups in total. The lowest BCUT2D eigenvalue weighted by Gasteiger charge is -2.27. The van der Waals surface area contributed by atoms with Crippen molar-refractivity contribution in [3.63, 3.8) is 0 Å². The van der Waals surface area contributed by atoms with Crippen LogP contribution in [-0.2, 0) is 7.05 Å². The molecule has 202 valence electrons. The number of aromatic nitrogens is 3. The van der Waals surface area contributed by atoms with Crippen LogP contribution >= 0.6 is 0 Å². The van der Waals surface area contributed by atoms with Crippen LogP contribution in [0.25, 0.3) is 11.3 Å². The van der Waals surface area contributed by atoms with Crippen LogP contribution in [0.15, 0.2) is 40.7 Å². The van der Waals surface area contributed by atoms with Crippen molar-refractivity contribution in [2.45, 2.75) is 53.4 Å². The Kier molecular flexibility index (Phi) is 7.07. The molecule has 0 aromatic carbocycles. The van der Waals surface area contributed by atoms with Gasteiger partial charge >= 0.3 is 0 Å². The molecule has 2 aromatic rings. The summed E-state index contributed by atoms with van der Waals surface area (Å²) in [6, 6.07) is 3.12. The number of hydrogen-bond donors (Lipinski definition) is 1. The summed E-state index contributed by atoms with van der Waals surface area (Å²) in [6.45, 7) is 9.33. The largest absolute Gasteiger partial charge is 0.477 e. The third kappa shape index (κ3) is 4.96. The first-order valence-corrected chi connectivity index (χ1v) is 13.2. The van der Waals surface area contributed by atoms with Gasteiger partial charge in [0.05, 0.1) is 29.3 Å². The normalized spacial score (nSPS) is 23.2. The molecule has 4 heterocycles. The number of allylic oxidation sites excluding steroid dienone is 2. The Hall–Kier alpha value is -3.56. The monoisotopic (exact) mass is 524 g/mol. The van der Waals surface area contributed by atoms with Gasteiger partial charge in [0.1, 0.15) is 5.69 Å². The van der Waals surface area contributed by atoms with Gasteiger partial charge in [0.25, 0.3) is 12.3 Å². The van der Waals surface area contributed by atoms with Gasteiger partial charge in [-0.05, 0) is 56.1 Å². The summed E-state index contributed by atoms with van der Waals surface area (Å²) in [5.74, 6) is 1.40. The van der Waals surface area contributed by atoms with Crippen molar-refractivity contribution in [3.8, 4) is 17.1 Å². The number of carbonyl (C=O) groups is 1. The second kappa shape index (κ2) is 10.3. The number of nitrogens with zero attached hydrogens (tertiary/aromatic N) is 5. The van der Waals surface area contributed by atoms with E-state index in [0.717, 1.165) is 30.7 Å². The third-order valence-electron chi connectivity index (χ3n) is 7.36. The van der Waals surface area contributed by atoms with Crippen molar-refractivity contribution >= 4 is 11.9 Å². The number of rotatable bonds is 2. The third-order valence-corrected chi connectivity index (χ3v) is 7.36. The number of hydrogen-bond acceptors (Lipinski definition) is 6. The van der Waals surface area contributed by atoms with E-state index in [2.05, 4.69) is 58.2 Å². The molecular weight excluding hydrogens is 490 g/mol. The van der Waals surface area contributed by atoms with Gasteiger partial charge in [0.2, 0.25) is 11.8 Å². The van der Waals surface area contributed by atoms with Gasteiger partial charge in [-0.3, -0.25) is 9.78 Å². The molecule has 0 saturated carbocycles. The number of aliphatic imine (C=N–C) groups is 1. The summed E-state index contributed by atoms with van der Waals surface area (Å²) in [5.41, 5.74) is 2.70. The van der Waals surface area contributed by atoms with Gasteiger partial charge < -0.3 is 15.0 Å². The number of nitrogens with one attached hydrogen (secondary N) is 1. The molecule has 2 atom stereocenters. The van der Waals surface area contributed by atoms with E-state index in [9.17, 15) is 13.6 Å². The fourth-order valence-corrected chi connectivity index (χ4v) is 5.28. The number of guanidine groups is 1. The molecule has 2 aliphatic heterocycles. The van der Waals surface area contributed by atoms with Crippen molar-refractivity contribution in [1.29, 1.82) is 0 Å². The summed E-state index contributed by atoms with van der Waals surface area (Å²) >= 11 is 0. The van der Waals surface area contributed by atoms with Crippen LogP contribution in [0.4, 0.5) is 8.78 Å². The Morgan fingerprint density at radius 2 is 2.03 bits per heavy atom. The molecular formula is C28H34F2N6O2. The SMILES string of the molecule is Cc1cc2cc(n1)-c1c(C(F)F)nn(C)c1OCCC[C@@H](C)CN1C3=CC(C(C)C)CC=C3N/C1=N\C2=O. The fraction of sp³-hybridized carbons (Fsp3) is 0.500. The van der Waals surface area contributed by atoms with Crippen molar-refractivity contribution in [2.75, 3.05) is 13.2 Å². The first kappa shape index (κ1) is 26.1. The second-order valence-electron chi connectivity index (χ2n) is 10.8. The van der Waals surface area contributed by atoms with Crippen molar-refractivity contribution in [2.24, 2.45) is 29.8 Å². The number of halogens is 2. The molecule has 1 amide bonds. The fourth-order valence-electron chi connectivity index (χ4n) is 5.28. The maximum atomic E-state index is 14.0. The molecule has 10 heteroatoms. The quantitative estimate of drug-likeness (QED) is 0.568. The van der Waals surface area contributed by atoms with Crippen LogP contribution in [0.3, 0.4) is 0 Å². The molecule has 0 radical (unpaired) electrons. The van der Waals surface area contributed by atoms with Crippen LogP contribution in [0.5, 0.6) is 5.88 Å². The first-order valence-electron chi connectivity index (χ1n) is 13.2. The van der Waals surface area contributed by atoms with E-state index in [-0.39, 0.29) is 28.6 Å². The maximum Gasteiger partial charge on any atom is 0.282 e. The number of aryl methyl sites for hydroxylation is 2. The Morgan fingerprint density at radius 1 is 1.24 bits per heavy atom. The predicted molar refractivity (Wildman–Crippen MR) is 141 cm³/mol. The summed E-state index contributed by atoms with van der Waals surface area (Å²) in [4.78, 5) is 24.6. The number of pyridine rings is 1. The molecule has 5 rings (SSSR count). The second-order valence-corrected chi connectivity index (χ2v) is 10.8. The van der Waals surface area contributed by atoms with Gasteiger partial charge in [-0.2, -0.15) is 10.1 Å². The van der Waals surface area contributed by atoms with Crippen LogP contribution in [0.1, 0.15) is 68.2 Å². The average molecular weight is 525 g/mol. The highest BCUT2D eigenvalue weighted by Crippen LogP contribution is 2.38. The molecule has 3 aliphatic rings. The van der Waals surface area contributed by atoms with Crippen LogP contribution < -0.4 is 10.1 Å². The highest BCUT2D eigenvalue weighted by atomic mass is 19.3. The highest BCUT2D eigenvalue weighted by Gasteiger charge is 2.34. The van der Waals surface area contributed by atoms with Crippen molar-refractivity contribution < 1.29 is 18.3 Å². The summed E-state index contributed by atoms with van der Waals surface area (Å²) in [5, 5.41) is 7.37. The van der Waals surface area contributed by atoms with Gasteiger partial charge in [-0.15, -0.1) is 0 Å². The van der Waals surface area contributed by atoms with E-state index in [0.29, 0.717) is 36.6 Å². The predicted octanol–water partition coefficient (Wildman–Crippen LogP) is 5.38. The van der Waals surface area contributed by atoms with Gasteiger partial charge in [-0.25, -0.2) is 13.5 Å². The minimum absolute atomic E-state index is 0.109. The van der Waals surface area contributed by atoms with Gasteiger partial charge in [0, 0.05) is 24.8 Å². The zero-order valence-corrected chi connectivity index (χ0v) is 22.5. The number of amides is 1. The lowest BCUT2D eigenvalue weighted by atomic mass is 9.87. The van der Waals surface area contributed by atoms with Crippen molar-refractivity contribution in [3.05, 3.63) is 52.6 Å². The molecule has 1 fully saturated rings. The number of fused-ring (bicyclic) bond motifs is 7. The Labute approximate surface area is 221 Å². The molecule has 2 aromatic heterocycles. The molecule has 0 spiro atoms. The Bertz CT molecular complexity index is 1340. The van der Waals surface area contributed by atoms with E-state index in [4.69, 9.17) is 4.74 Å². The molecule has 38 heavy (non-hydrogen) atoms. The Balaban J connectivity index is 1.62. The lowest BCUT2D eigenvalue weighted by Crippen LogP contribution is -2.34. The summed E-state index contributed by atoms with van der Waals surface area (Å²) in [7, 11) is 1.57. The summed E-state index contributed by atoms with van der Waals surface area (Å²) in [6.07, 6.45) is 4.14. The van der Waals surface area contributed by atoms with E-state index < -0.39 is 18.0 Å². The highest BCUT2D eigenvalue weighted by molar-refractivity contribution is 6.05. The average Bonchev–Trinajstić information content (AvgIpc) is 3.37. The maximum absolute atomic E-state index is 14.0. The topological polar surface area (TPSA) is 84.6 Å². The molecule has 1 saturated heterocycles. The zero-order chi connectivity index (χ0) is 27.1. The van der Waals surface area contributed by atoms with E-state index in [1.54, 1.807) is 20.0 Å². The number of ether oxygens (including phenoxy) is 1. The minimum Gasteiger partial charge on any atom is -0.477 e. The smallest absolute Gasteiger partial charge is 0.282 e. The van der Waals surface area contributed by atoms with Crippen LogP contribution in [-0.4, -0.2) is 44.7 Å². The molecule has 2 bridgehead atoms. The minimum atomic E-state index is -2.83. The van der Waals surface area contributed by atoms with Gasteiger partial charge in [-0.1, -0.05) is 32.9 Å². The Morgan fingerprint density at radius 3 is 2.76 bits per heavy atom. The first-order chi connectivity index (χ1) is 18.1. The van der Waals surface area contributed by atoms with Crippen molar-refractivity contribution in [1.82, 2.24) is 25.0 Å². The van der Waals surface area contributed by atoms with Gasteiger partial charge in [0.15, 0.2) is 0 Å². The number of alkyl halides is 2. The molecule has 8 nitrogen and oxygen atoms in total.